The van der Waals surface area contributed by atoms with Crippen molar-refractivity contribution < 1.29 is 37.0 Å². The van der Waals surface area contributed by atoms with Crippen molar-refractivity contribution in [2.24, 2.45) is 0 Å². The topological polar surface area (TPSA) is 127 Å². The highest BCUT2D eigenvalue weighted by atomic mass is 79.9. The molecular weight excluding hydrogens is 504 g/mol. The molecule has 2 N–H and O–H groups in total. The van der Waals surface area contributed by atoms with Crippen molar-refractivity contribution in [1.82, 2.24) is 0 Å². The Balaban J connectivity index is 2.75. The molecule has 0 atom stereocenters. The van der Waals surface area contributed by atoms with Gasteiger partial charge in [-0.25, -0.2) is 9.59 Å². The summed E-state index contributed by atoms with van der Waals surface area (Å²) in [4.78, 5) is 49.1. The van der Waals surface area contributed by atoms with Crippen LogP contribution in [0, 0.1) is 0 Å². The number of carbonyl (C=O) groups is 4. The Bertz CT molecular complexity index is 917. The number of rotatable bonds is 8. The molecule has 8 nitrogen and oxygen atoms in total. The maximum atomic E-state index is 12.8. The lowest BCUT2D eigenvalue weighted by molar-refractivity contribution is -0.135. The van der Waals surface area contributed by atoms with E-state index in [2.05, 4.69) is 32.5 Å². The van der Waals surface area contributed by atoms with Gasteiger partial charge < -0.3 is 17.9 Å². The summed E-state index contributed by atoms with van der Waals surface area (Å²) in [5, 5.41) is 19.0. The highest BCUT2D eigenvalue weighted by Gasteiger charge is 2.34. The van der Waals surface area contributed by atoms with Crippen molar-refractivity contribution in [1.29, 1.82) is 0 Å². The monoisotopic (exact) mass is 512 g/mol. The van der Waals surface area contributed by atoms with Crippen molar-refractivity contribution in [3.63, 3.8) is 0 Å². The fourth-order valence-corrected chi connectivity index (χ4v) is 2.91. The van der Waals surface area contributed by atoms with Crippen molar-refractivity contribution in [2.45, 2.75) is 0 Å². The van der Waals surface area contributed by atoms with E-state index in [9.17, 15) is 29.4 Å². The number of aliphatic carboxylic acids is 2. The molecule has 2 rings (SSSR count). The van der Waals surface area contributed by atoms with Crippen LogP contribution in [0.25, 0.3) is 0 Å². The number of carbonyl (C=O) groups excluding carboxylic acids is 2. The van der Waals surface area contributed by atoms with Crippen molar-refractivity contribution in [3.05, 3.63) is 70.8 Å². The van der Waals surface area contributed by atoms with Crippen LogP contribution in [-0.4, -0.2) is 33.7 Å². The largest absolute Gasteiger partial charge is 0.478 e. The summed E-state index contributed by atoms with van der Waals surface area (Å²) < 4.78 is 9.67. The molecule has 28 heavy (non-hydrogen) atoms. The molecule has 0 aliphatic heterocycles. The minimum atomic E-state index is -1.88. The minimum absolute atomic E-state index is 0.0485. The average molecular weight is 514 g/mol. The number of Topliss-reactive ketones (excluding diaryl/α,β-unsaturated/α-hetero) is 2. The first-order valence-corrected chi connectivity index (χ1v) is 8.68. The summed E-state index contributed by atoms with van der Waals surface area (Å²) in [5.41, 5.74) is -2.90. The fraction of sp³-hybridized carbons (Fsp3) is 0. The van der Waals surface area contributed by atoms with Gasteiger partial charge in [0.15, 0.2) is 32.5 Å². The Labute approximate surface area is 175 Å². The van der Waals surface area contributed by atoms with Crippen molar-refractivity contribution in [3.8, 4) is 11.5 Å². The van der Waals surface area contributed by atoms with Crippen LogP contribution in [0.4, 0.5) is 0 Å². The molecule has 0 aliphatic carbocycles. The van der Waals surface area contributed by atoms with Gasteiger partial charge >= 0.3 is 11.9 Å². The number of hydrogen-bond acceptors (Lipinski definition) is 6. The summed E-state index contributed by atoms with van der Waals surface area (Å²) in [6.07, 6.45) is 0. The number of ketones is 2. The lowest BCUT2D eigenvalue weighted by Crippen LogP contribution is -2.24. The van der Waals surface area contributed by atoms with Gasteiger partial charge in [0.2, 0.25) is 11.6 Å². The minimum Gasteiger partial charge on any atom is -0.478 e. The molecule has 2 aromatic carbocycles. The standard InChI is InChI=1S/C18H10Br2O8/c19-27-11-7-3-1-5-9(11)15(21)13(17(23)24)14(18(25)26)16(22)10-6-2-4-8-12(10)28-20/h1-8H,(H,23,24)(H,25,26). The normalized spacial score (nSPS) is 11.2. The van der Waals surface area contributed by atoms with E-state index in [1.807, 2.05) is 0 Å². The maximum absolute atomic E-state index is 12.8. The number of carboxylic acid groups (broad SMARTS) is 2. The Morgan fingerprint density at radius 3 is 1.25 bits per heavy atom. The van der Waals surface area contributed by atoms with Crippen LogP contribution >= 0.6 is 32.5 Å². The number of benzene rings is 2. The lowest BCUT2D eigenvalue weighted by atomic mass is 9.92. The van der Waals surface area contributed by atoms with Crippen LogP contribution in [0.1, 0.15) is 20.7 Å². The van der Waals surface area contributed by atoms with Gasteiger partial charge in [0.05, 0.1) is 11.1 Å². The molecular formula is C18H10Br2O8. The third-order valence-corrected chi connectivity index (χ3v) is 4.26. The van der Waals surface area contributed by atoms with E-state index < -0.39 is 34.7 Å². The van der Waals surface area contributed by atoms with Crippen molar-refractivity contribution >= 4 is 56.0 Å². The molecule has 10 heteroatoms. The van der Waals surface area contributed by atoms with E-state index in [1.54, 1.807) is 0 Å². The highest BCUT2D eigenvalue weighted by molar-refractivity contribution is 9.06. The molecule has 0 bridgehead atoms. The zero-order chi connectivity index (χ0) is 20.8. The summed E-state index contributed by atoms with van der Waals surface area (Å²) in [6.45, 7) is 0. The van der Waals surface area contributed by atoms with E-state index in [1.165, 1.54) is 48.5 Å². The number of para-hydroxylation sites is 2. The second-order valence-corrected chi connectivity index (χ2v) is 5.81. The third-order valence-electron chi connectivity index (χ3n) is 3.56. The van der Waals surface area contributed by atoms with E-state index in [0.29, 0.717) is 0 Å². The second kappa shape index (κ2) is 9.29. The average Bonchev–Trinajstić information content (AvgIpc) is 2.70. The number of halogens is 2. The van der Waals surface area contributed by atoms with Gasteiger partial charge in [0.25, 0.3) is 0 Å². The summed E-state index contributed by atoms with van der Waals surface area (Å²) in [5.74, 6) is -6.26. The Morgan fingerprint density at radius 1 is 0.643 bits per heavy atom. The zero-order valence-electron chi connectivity index (χ0n) is 13.7. The van der Waals surface area contributed by atoms with Crippen LogP contribution in [0.2, 0.25) is 0 Å². The number of hydrogen-bond donors (Lipinski definition) is 2. The number of carboxylic acids is 2. The van der Waals surface area contributed by atoms with Gasteiger partial charge in [-0.2, -0.15) is 0 Å². The molecule has 0 unspecified atom stereocenters. The molecule has 0 amide bonds. The Hall–Kier alpha value is -2.98. The first-order valence-electron chi connectivity index (χ1n) is 7.39. The SMILES string of the molecule is O=C(O)C(C(=O)c1ccccc1OBr)=C(C(=O)O)C(=O)c1ccccc1OBr. The third kappa shape index (κ3) is 4.29. The van der Waals surface area contributed by atoms with Gasteiger partial charge in [0.1, 0.15) is 22.6 Å². The molecule has 0 spiro atoms. The first-order chi connectivity index (χ1) is 13.3. The van der Waals surface area contributed by atoms with Gasteiger partial charge in [-0.05, 0) is 24.3 Å². The van der Waals surface area contributed by atoms with Crippen LogP contribution < -0.4 is 7.66 Å². The zero-order valence-corrected chi connectivity index (χ0v) is 16.9. The quantitative estimate of drug-likeness (QED) is 0.237. The van der Waals surface area contributed by atoms with Gasteiger partial charge in [-0.15, -0.1) is 0 Å². The summed E-state index contributed by atoms with van der Waals surface area (Å²) in [6, 6.07) is 11.1. The molecule has 0 saturated heterocycles. The fourth-order valence-electron chi connectivity index (χ4n) is 2.35. The molecule has 0 saturated carbocycles. The van der Waals surface area contributed by atoms with E-state index in [-0.39, 0.29) is 22.6 Å². The predicted octanol–water partition coefficient (Wildman–Crippen LogP) is 3.60. The first kappa shape index (κ1) is 21.3. The van der Waals surface area contributed by atoms with Gasteiger partial charge in [-0.1, -0.05) is 24.3 Å². The Morgan fingerprint density at radius 2 is 0.964 bits per heavy atom. The highest BCUT2D eigenvalue weighted by Crippen LogP contribution is 2.28. The van der Waals surface area contributed by atoms with E-state index in [0.717, 1.165) is 0 Å². The maximum Gasteiger partial charge on any atom is 0.340 e. The molecule has 144 valence electrons. The molecule has 0 aromatic heterocycles. The Kier molecular flexibility index (Phi) is 7.07. The summed E-state index contributed by atoms with van der Waals surface area (Å²) in [7, 11) is 0. The molecule has 0 heterocycles. The van der Waals surface area contributed by atoms with Gasteiger partial charge in [-0.3, -0.25) is 9.59 Å². The second-order valence-electron chi connectivity index (χ2n) is 5.17. The smallest absolute Gasteiger partial charge is 0.340 e. The van der Waals surface area contributed by atoms with Gasteiger partial charge in [0, 0.05) is 0 Å². The molecule has 0 radical (unpaired) electrons. The van der Waals surface area contributed by atoms with Crippen LogP contribution in [0.15, 0.2) is 59.7 Å². The summed E-state index contributed by atoms with van der Waals surface area (Å²) >= 11 is 5.39. The van der Waals surface area contributed by atoms with E-state index in [4.69, 9.17) is 7.66 Å². The van der Waals surface area contributed by atoms with Crippen molar-refractivity contribution in [2.75, 3.05) is 0 Å². The van der Waals surface area contributed by atoms with Crippen LogP contribution in [0.3, 0.4) is 0 Å². The lowest BCUT2D eigenvalue weighted by Gasteiger charge is -2.11. The van der Waals surface area contributed by atoms with Crippen LogP contribution in [0.5, 0.6) is 11.5 Å². The molecule has 0 aliphatic rings. The predicted molar refractivity (Wildman–Crippen MR) is 103 cm³/mol. The molecule has 2 aromatic rings. The van der Waals surface area contributed by atoms with E-state index >= 15 is 0 Å². The van der Waals surface area contributed by atoms with Crippen LogP contribution in [-0.2, 0) is 9.59 Å². The molecule has 0 fully saturated rings.